The minimum Gasteiger partial charge on any atom is -0.469 e. The lowest BCUT2D eigenvalue weighted by molar-refractivity contribution is -0.155. The molecule has 0 unspecified atom stereocenters. The fourth-order valence-electron chi connectivity index (χ4n) is 4.03. The Bertz CT molecular complexity index is 668. The lowest BCUT2D eigenvalue weighted by atomic mass is 9.87. The van der Waals surface area contributed by atoms with Crippen LogP contribution in [0.15, 0.2) is 30.3 Å². The molecule has 0 N–H and O–H groups in total. The Morgan fingerprint density at radius 3 is 2.30 bits per heavy atom. The third-order valence-electron chi connectivity index (χ3n) is 5.68. The lowest BCUT2D eigenvalue weighted by Crippen LogP contribution is -2.53. The molecule has 0 spiro atoms. The summed E-state index contributed by atoms with van der Waals surface area (Å²) >= 11 is 0. The van der Waals surface area contributed by atoms with Gasteiger partial charge in [0.15, 0.2) is 0 Å². The fraction of sp³-hybridized carbons (Fsp3) is 0.636. The molecule has 5 heteroatoms. The van der Waals surface area contributed by atoms with Crippen LogP contribution in [0, 0.1) is 11.8 Å². The van der Waals surface area contributed by atoms with E-state index in [4.69, 9.17) is 9.47 Å². The van der Waals surface area contributed by atoms with Crippen LogP contribution in [-0.4, -0.2) is 41.3 Å². The van der Waals surface area contributed by atoms with Crippen molar-refractivity contribution in [1.29, 1.82) is 0 Å². The van der Waals surface area contributed by atoms with Gasteiger partial charge in [0, 0.05) is 12.3 Å². The molecule has 0 bridgehead atoms. The maximum atomic E-state index is 13.5. The van der Waals surface area contributed by atoms with Gasteiger partial charge in [0.1, 0.15) is 5.72 Å². The predicted octanol–water partition coefficient (Wildman–Crippen LogP) is 3.81. The second-order valence-corrected chi connectivity index (χ2v) is 8.61. The van der Waals surface area contributed by atoms with Gasteiger partial charge in [-0.3, -0.25) is 9.59 Å². The minimum absolute atomic E-state index is 0.0166. The highest BCUT2D eigenvalue weighted by molar-refractivity contribution is 5.81. The number of carbonyl (C=O) groups excluding carboxylic acids is 2. The van der Waals surface area contributed by atoms with E-state index < -0.39 is 11.3 Å². The van der Waals surface area contributed by atoms with Crippen LogP contribution in [0.2, 0.25) is 0 Å². The molecule has 27 heavy (non-hydrogen) atoms. The maximum absolute atomic E-state index is 13.5. The molecule has 3 atom stereocenters. The Labute approximate surface area is 163 Å². The van der Waals surface area contributed by atoms with Gasteiger partial charge in [0.2, 0.25) is 5.91 Å². The highest BCUT2D eigenvalue weighted by atomic mass is 16.6. The van der Waals surface area contributed by atoms with Gasteiger partial charge < -0.3 is 14.4 Å². The van der Waals surface area contributed by atoms with Crippen molar-refractivity contribution in [3.05, 3.63) is 35.9 Å². The van der Waals surface area contributed by atoms with Gasteiger partial charge in [-0.05, 0) is 45.6 Å². The number of nitrogens with zero attached hydrogens (tertiary/aromatic N) is 1. The molecule has 0 aliphatic carbocycles. The molecular weight excluding hydrogens is 342 g/mol. The average molecular weight is 376 g/mol. The van der Waals surface area contributed by atoms with Gasteiger partial charge in [0.25, 0.3) is 0 Å². The van der Waals surface area contributed by atoms with Crippen molar-refractivity contribution in [3.8, 4) is 0 Å². The second kappa shape index (κ2) is 8.01. The number of methoxy groups -OCH3 is 1. The number of esters is 1. The first kappa shape index (κ1) is 21.4. The number of rotatable bonds is 6. The molecule has 1 aliphatic rings. The van der Waals surface area contributed by atoms with Crippen molar-refractivity contribution in [2.45, 2.75) is 71.8 Å². The Hall–Kier alpha value is -1.88. The summed E-state index contributed by atoms with van der Waals surface area (Å²) in [6.07, 6.45) is 0.951. The summed E-state index contributed by atoms with van der Waals surface area (Å²) in [5.74, 6) is -0.691. The molecule has 1 aromatic carbocycles. The molecule has 1 fully saturated rings. The summed E-state index contributed by atoms with van der Waals surface area (Å²) in [6, 6.07) is 10.1. The Morgan fingerprint density at radius 1 is 1.15 bits per heavy atom. The zero-order valence-electron chi connectivity index (χ0n) is 17.6. The van der Waals surface area contributed by atoms with E-state index in [0.717, 1.165) is 6.42 Å². The third kappa shape index (κ3) is 4.70. The fourth-order valence-corrected chi connectivity index (χ4v) is 4.03. The van der Waals surface area contributed by atoms with E-state index in [9.17, 15) is 9.59 Å². The second-order valence-electron chi connectivity index (χ2n) is 8.61. The zero-order valence-corrected chi connectivity index (χ0v) is 17.6. The van der Waals surface area contributed by atoms with Crippen molar-refractivity contribution in [2.24, 2.45) is 11.8 Å². The third-order valence-corrected chi connectivity index (χ3v) is 5.68. The van der Waals surface area contributed by atoms with Crippen LogP contribution in [0.25, 0.3) is 0 Å². The molecule has 0 aromatic heterocycles. The van der Waals surface area contributed by atoms with E-state index in [0.29, 0.717) is 0 Å². The monoisotopic (exact) mass is 375 g/mol. The van der Waals surface area contributed by atoms with E-state index in [2.05, 4.69) is 12.1 Å². The van der Waals surface area contributed by atoms with Crippen LogP contribution < -0.4 is 0 Å². The van der Waals surface area contributed by atoms with Gasteiger partial charge in [-0.25, -0.2) is 0 Å². The molecule has 1 saturated heterocycles. The summed E-state index contributed by atoms with van der Waals surface area (Å²) in [4.78, 5) is 27.0. The Balaban J connectivity index is 2.28. The molecular formula is C22H33NO4. The number of hydrogen-bond donors (Lipinski definition) is 0. The number of ether oxygens (including phenoxy) is 2. The predicted molar refractivity (Wildman–Crippen MR) is 105 cm³/mol. The van der Waals surface area contributed by atoms with E-state index in [1.54, 1.807) is 0 Å². The average Bonchev–Trinajstić information content (AvgIpc) is 2.77. The standard InChI is InChI=1S/C22H33NO4/c1-15(13-19(24)26-7)16(2)20(25)23-18(14-17-11-9-8-10-12-17)21(3,4)27-22(23,5)6/h8-12,15-16,18H,13-14H2,1-7H3/t15-,16+,18-/m0/s1. The number of hydrogen-bond acceptors (Lipinski definition) is 4. The molecule has 150 valence electrons. The highest BCUT2D eigenvalue weighted by Crippen LogP contribution is 2.42. The molecule has 0 saturated carbocycles. The van der Waals surface area contributed by atoms with Crippen molar-refractivity contribution < 1.29 is 19.1 Å². The van der Waals surface area contributed by atoms with Gasteiger partial charge in [-0.1, -0.05) is 44.2 Å². The van der Waals surface area contributed by atoms with Gasteiger partial charge in [-0.15, -0.1) is 0 Å². The maximum Gasteiger partial charge on any atom is 0.305 e. The molecule has 2 rings (SSSR count). The van der Waals surface area contributed by atoms with Crippen molar-refractivity contribution in [3.63, 3.8) is 0 Å². The molecule has 1 aromatic rings. The van der Waals surface area contributed by atoms with Crippen molar-refractivity contribution in [1.82, 2.24) is 4.90 Å². The van der Waals surface area contributed by atoms with Crippen molar-refractivity contribution in [2.75, 3.05) is 7.11 Å². The first-order chi connectivity index (χ1) is 12.5. The number of carbonyl (C=O) groups is 2. The first-order valence-corrected chi connectivity index (χ1v) is 9.63. The van der Waals surface area contributed by atoms with Gasteiger partial charge >= 0.3 is 5.97 Å². The first-order valence-electron chi connectivity index (χ1n) is 9.63. The summed E-state index contributed by atoms with van der Waals surface area (Å²) < 4.78 is 11.1. The zero-order chi connectivity index (χ0) is 20.4. The lowest BCUT2D eigenvalue weighted by Gasteiger charge is -2.37. The van der Waals surface area contributed by atoms with Crippen LogP contribution in [0.4, 0.5) is 0 Å². The van der Waals surface area contributed by atoms with Crippen LogP contribution in [-0.2, 0) is 25.5 Å². The van der Waals surface area contributed by atoms with Crippen LogP contribution in [0.5, 0.6) is 0 Å². The van der Waals surface area contributed by atoms with Gasteiger partial charge in [-0.2, -0.15) is 0 Å². The SMILES string of the molecule is COC(=O)C[C@H](C)[C@@H](C)C(=O)N1[C@@H](Cc2ccccc2)C(C)(C)OC1(C)C. The van der Waals surface area contributed by atoms with E-state index in [-0.39, 0.29) is 36.2 Å². The molecule has 5 nitrogen and oxygen atoms in total. The molecule has 1 heterocycles. The summed E-state index contributed by atoms with van der Waals surface area (Å²) in [7, 11) is 1.37. The number of benzene rings is 1. The quantitative estimate of drug-likeness (QED) is 0.710. The molecule has 1 aliphatic heterocycles. The normalized spacial score (nSPS) is 22.9. The van der Waals surface area contributed by atoms with Crippen LogP contribution >= 0.6 is 0 Å². The highest BCUT2D eigenvalue weighted by Gasteiger charge is 2.54. The topological polar surface area (TPSA) is 55.8 Å². The van der Waals surface area contributed by atoms with E-state index >= 15 is 0 Å². The van der Waals surface area contributed by atoms with Crippen molar-refractivity contribution >= 4 is 11.9 Å². The summed E-state index contributed by atoms with van der Waals surface area (Å²) in [5, 5.41) is 0. The molecule has 0 radical (unpaired) electrons. The Morgan fingerprint density at radius 2 is 1.74 bits per heavy atom. The summed E-state index contributed by atoms with van der Waals surface area (Å²) in [5.41, 5.74) is -0.00973. The minimum atomic E-state index is -0.709. The van der Waals surface area contributed by atoms with Crippen LogP contribution in [0.1, 0.15) is 53.5 Å². The largest absolute Gasteiger partial charge is 0.469 e. The van der Waals surface area contributed by atoms with E-state index in [1.165, 1.54) is 12.7 Å². The Kier molecular flexibility index (Phi) is 6.35. The van der Waals surface area contributed by atoms with E-state index in [1.807, 2.05) is 64.6 Å². The van der Waals surface area contributed by atoms with Gasteiger partial charge in [0.05, 0.1) is 18.8 Å². The summed E-state index contributed by atoms with van der Waals surface area (Å²) in [6.45, 7) is 11.8. The molecule has 1 amide bonds. The number of amides is 1. The van der Waals surface area contributed by atoms with Crippen LogP contribution in [0.3, 0.4) is 0 Å². The smallest absolute Gasteiger partial charge is 0.305 e.